The Labute approximate surface area is 366 Å². The highest BCUT2D eigenvalue weighted by Crippen LogP contribution is 2.44. The number of primary amides is 1. The summed E-state index contributed by atoms with van der Waals surface area (Å²) in [5, 5.41) is 5.32. The van der Waals surface area contributed by atoms with Crippen LogP contribution in [0.25, 0.3) is 11.1 Å². The number of nitrogens with two attached hydrogens (primary N) is 1. The molecule has 3 rings (SSSR count). The van der Waals surface area contributed by atoms with Crippen molar-refractivity contribution in [2.24, 2.45) is 5.73 Å². The van der Waals surface area contributed by atoms with Gasteiger partial charge in [-0.15, -0.1) is 0 Å². The van der Waals surface area contributed by atoms with Crippen molar-refractivity contribution in [3.8, 4) is 11.1 Å². The molecular weight excluding hydrogens is 807 g/mol. The molecule has 2 aromatic rings. The minimum absolute atomic E-state index is 0.117. The normalized spacial score (nSPS) is 12.7. The van der Waals surface area contributed by atoms with Crippen LogP contribution in [0, 0.1) is 0 Å². The average Bonchev–Trinajstić information content (AvgIpc) is 3.56. The van der Waals surface area contributed by atoms with Gasteiger partial charge < -0.3 is 63.7 Å². The fourth-order valence-electron chi connectivity index (χ4n) is 6.25. The Balaban J connectivity index is 1.17. The lowest BCUT2D eigenvalue weighted by Crippen LogP contribution is -2.48. The predicted molar refractivity (Wildman–Crippen MR) is 230 cm³/mol. The zero-order chi connectivity index (χ0) is 44.7. The van der Waals surface area contributed by atoms with E-state index in [2.05, 4.69) is 22.8 Å². The van der Waals surface area contributed by atoms with E-state index in [0.29, 0.717) is 119 Å². The van der Waals surface area contributed by atoms with Crippen molar-refractivity contribution in [1.82, 2.24) is 10.6 Å². The van der Waals surface area contributed by atoms with E-state index < -0.39 is 29.6 Å². The number of carbonyl (C=O) groups excluding carboxylic acids is 4. The number of nitrogens with one attached hydrogen (secondary N) is 2. The Morgan fingerprint density at radius 3 is 1.48 bits per heavy atom. The summed E-state index contributed by atoms with van der Waals surface area (Å²) in [7, 11) is 0. The Hall–Kier alpha value is -4.20. The van der Waals surface area contributed by atoms with Gasteiger partial charge in [0.05, 0.1) is 99.1 Å². The van der Waals surface area contributed by atoms with E-state index in [1.54, 1.807) is 20.8 Å². The van der Waals surface area contributed by atoms with Crippen LogP contribution in [0.2, 0.25) is 0 Å². The number of hydrogen-bond donors (Lipinski definition) is 3. The first-order valence-electron chi connectivity index (χ1n) is 21.6. The van der Waals surface area contributed by atoms with Gasteiger partial charge in [0.25, 0.3) is 0 Å². The Morgan fingerprint density at radius 2 is 1.03 bits per heavy atom. The molecule has 1 aliphatic carbocycles. The van der Waals surface area contributed by atoms with Crippen LogP contribution < -0.4 is 16.4 Å². The number of alkyl carbamates (subject to hydrolysis) is 1. The van der Waals surface area contributed by atoms with Crippen molar-refractivity contribution >= 4 is 23.9 Å². The van der Waals surface area contributed by atoms with Gasteiger partial charge >= 0.3 is 12.1 Å². The van der Waals surface area contributed by atoms with Gasteiger partial charge in [-0.25, -0.2) is 4.79 Å². The van der Waals surface area contributed by atoms with Crippen molar-refractivity contribution < 1.29 is 66.5 Å². The molecule has 348 valence electrons. The molecule has 4 N–H and O–H groups in total. The number of benzene rings is 2. The fraction of sp³-hybridized carbons (Fsp3) is 0.644. The van der Waals surface area contributed by atoms with Crippen LogP contribution in [0.3, 0.4) is 0 Å². The number of rotatable bonds is 36. The lowest BCUT2D eigenvalue weighted by molar-refractivity contribution is -0.154. The minimum atomic E-state index is -0.903. The second kappa shape index (κ2) is 31.6. The smallest absolute Gasteiger partial charge is 0.407 e. The molecule has 1 aliphatic rings. The van der Waals surface area contributed by atoms with Crippen LogP contribution in [-0.2, 0) is 61.8 Å². The lowest BCUT2D eigenvalue weighted by Gasteiger charge is -2.21. The molecule has 62 heavy (non-hydrogen) atoms. The van der Waals surface area contributed by atoms with Crippen LogP contribution in [0.15, 0.2) is 48.5 Å². The summed E-state index contributed by atoms with van der Waals surface area (Å²) in [4.78, 5) is 49.1. The van der Waals surface area contributed by atoms with E-state index >= 15 is 0 Å². The Kier molecular flexibility index (Phi) is 26.6. The molecule has 0 aromatic heterocycles. The van der Waals surface area contributed by atoms with Gasteiger partial charge in [-0.2, -0.15) is 0 Å². The van der Waals surface area contributed by atoms with Crippen molar-refractivity contribution in [3.05, 3.63) is 59.7 Å². The molecule has 0 saturated heterocycles. The third-order valence-electron chi connectivity index (χ3n) is 9.16. The molecule has 0 bridgehead atoms. The van der Waals surface area contributed by atoms with E-state index in [4.69, 9.17) is 53.1 Å². The molecule has 0 spiro atoms. The van der Waals surface area contributed by atoms with Gasteiger partial charge in [0, 0.05) is 18.9 Å². The van der Waals surface area contributed by atoms with E-state index in [1.807, 2.05) is 36.4 Å². The maximum atomic E-state index is 13.2. The number of fused-ring (bicyclic) bond motifs is 3. The summed E-state index contributed by atoms with van der Waals surface area (Å²) >= 11 is 0. The number of ether oxygens (including phenoxy) is 10. The van der Waals surface area contributed by atoms with Crippen LogP contribution in [-0.4, -0.2) is 154 Å². The predicted octanol–water partition coefficient (Wildman–Crippen LogP) is 3.92. The van der Waals surface area contributed by atoms with E-state index in [0.717, 1.165) is 35.1 Å². The maximum absolute atomic E-state index is 13.2. The highest BCUT2D eigenvalue weighted by Gasteiger charge is 2.30. The molecule has 0 aliphatic heterocycles. The molecule has 0 radical (unpaired) electrons. The van der Waals surface area contributed by atoms with E-state index in [9.17, 15) is 19.2 Å². The van der Waals surface area contributed by atoms with Crippen LogP contribution in [0.1, 0.15) is 69.9 Å². The van der Waals surface area contributed by atoms with Gasteiger partial charge in [-0.3, -0.25) is 14.4 Å². The minimum Gasteiger partial charge on any atom is -0.459 e. The van der Waals surface area contributed by atoms with Crippen LogP contribution >= 0.6 is 0 Å². The second-order valence-corrected chi connectivity index (χ2v) is 15.3. The SMILES string of the molecule is CC(C)(C)OC(=O)CNC(=O)[C@H](CCCCCOCCOCCOCCOCCOCCOCCOCCOCCC(N)=O)NC(=O)OCC1c2ccccc2-c2ccccc21. The third-order valence-corrected chi connectivity index (χ3v) is 9.16. The largest absolute Gasteiger partial charge is 0.459 e. The molecule has 0 heterocycles. The molecule has 0 unspecified atom stereocenters. The molecule has 2 aromatic carbocycles. The first-order valence-corrected chi connectivity index (χ1v) is 21.6. The van der Waals surface area contributed by atoms with Gasteiger partial charge in [0.1, 0.15) is 24.8 Å². The van der Waals surface area contributed by atoms with Gasteiger partial charge in [0.2, 0.25) is 11.8 Å². The summed E-state index contributed by atoms with van der Waals surface area (Å²) in [5.74, 6) is -1.56. The average molecular weight is 876 g/mol. The Bertz CT molecular complexity index is 1530. The highest BCUT2D eigenvalue weighted by molar-refractivity contribution is 5.88. The number of hydrogen-bond acceptors (Lipinski definition) is 14. The molecule has 1 atom stereocenters. The molecule has 3 amide bonds. The Morgan fingerprint density at radius 1 is 0.597 bits per heavy atom. The van der Waals surface area contributed by atoms with Crippen molar-refractivity contribution in [2.75, 3.05) is 119 Å². The molecule has 0 fully saturated rings. The summed E-state index contributed by atoms with van der Waals surface area (Å²) in [6, 6.07) is 15.2. The summed E-state index contributed by atoms with van der Waals surface area (Å²) in [6.45, 7) is 12.1. The second-order valence-electron chi connectivity index (χ2n) is 15.3. The third kappa shape index (κ3) is 23.3. The molecule has 0 saturated carbocycles. The highest BCUT2D eigenvalue weighted by atomic mass is 16.6. The number of carbonyl (C=O) groups is 4. The van der Waals surface area contributed by atoms with Crippen molar-refractivity contribution in [3.63, 3.8) is 0 Å². The first kappa shape index (κ1) is 52.1. The van der Waals surface area contributed by atoms with Crippen molar-refractivity contribution in [1.29, 1.82) is 0 Å². The topological polar surface area (TPSA) is 211 Å². The van der Waals surface area contributed by atoms with Crippen LogP contribution in [0.4, 0.5) is 4.79 Å². The summed E-state index contributed by atoms with van der Waals surface area (Å²) in [5.41, 5.74) is 8.76. The van der Waals surface area contributed by atoms with Crippen molar-refractivity contribution in [2.45, 2.75) is 70.4 Å². The standard InChI is InChI=1S/C45H69N3O14/c1-45(2,3)62-42(50)33-47-43(51)40(48-44(52)61-34-39-37-13-8-6-11-35(37)36-12-7-9-14-38(36)39)15-5-4-10-17-53-19-21-55-23-25-57-27-29-59-31-32-60-30-28-58-26-24-56-22-20-54-18-16-41(46)49/h6-9,11-14,39-40H,4-5,10,15-34H2,1-3H3,(H2,46,49)(H,47,51)(H,48,52)/t40-/m0/s1. The van der Waals surface area contributed by atoms with Gasteiger partial charge in [0.15, 0.2) is 0 Å². The molecular formula is C45H69N3O14. The zero-order valence-corrected chi connectivity index (χ0v) is 36.8. The van der Waals surface area contributed by atoms with Gasteiger partial charge in [-0.05, 0) is 55.9 Å². The zero-order valence-electron chi connectivity index (χ0n) is 36.8. The maximum Gasteiger partial charge on any atom is 0.407 e. The monoisotopic (exact) mass is 875 g/mol. The fourth-order valence-corrected chi connectivity index (χ4v) is 6.25. The summed E-state index contributed by atoms with van der Waals surface area (Å²) in [6.07, 6.45) is 2.00. The lowest BCUT2D eigenvalue weighted by atomic mass is 9.98. The number of unbranched alkanes of at least 4 members (excludes halogenated alkanes) is 2. The van der Waals surface area contributed by atoms with Gasteiger partial charge in [-0.1, -0.05) is 61.4 Å². The quantitative estimate of drug-likeness (QED) is 0.0655. The number of amides is 3. The summed E-state index contributed by atoms with van der Waals surface area (Å²) < 4.78 is 54.8. The first-order chi connectivity index (χ1) is 30.0. The van der Waals surface area contributed by atoms with Crippen LogP contribution in [0.5, 0.6) is 0 Å². The number of esters is 1. The van der Waals surface area contributed by atoms with E-state index in [1.165, 1.54) is 0 Å². The molecule has 17 heteroatoms. The van der Waals surface area contributed by atoms with E-state index in [-0.39, 0.29) is 31.4 Å². The molecule has 17 nitrogen and oxygen atoms in total.